The molecule has 5 nitrogen and oxygen atoms in total. The highest BCUT2D eigenvalue weighted by molar-refractivity contribution is 5.96. The van der Waals surface area contributed by atoms with E-state index in [1.54, 1.807) is 14.2 Å². The van der Waals surface area contributed by atoms with Crippen LogP contribution in [-0.4, -0.2) is 26.7 Å². The molecule has 6 heteroatoms. The molecule has 0 spiro atoms. The molecule has 0 atom stereocenters. The number of carbonyl (C=O) groups excluding carboxylic acids is 1. The molecule has 24 heavy (non-hydrogen) atoms. The number of hydrogen-bond acceptors (Lipinski definition) is 4. The van der Waals surface area contributed by atoms with Gasteiger partial charge in [-0.2, -0.15) is 0 Å². The second-order valence-corrected chi connectivity index (χ2v) is 6.24. The molecule has 1 amide bonds. The summed E-state index contributed by atoms with van der Waals surface area (Å²) in [5, 5.41) is 2.82. The zero-order valence-corrected chi connectivity index (χ0v) is 15.6. The Morgan fingerprint density at radius 3 is 2.46 bits per heavy atom. The van der Waals surface area contributed by atoms with Gasteiger partial charge in [-0.05, 0) is 36.5 Å². The number of carbonyl (C=O) groups is 1. The number of hydrogen-bond donors (Lipinski definition) is 2. The van der Waals surface area contributed by atoms with E-state index in [-0.39, 0.29) is 24.9 Å². The zero-order chi connectivity index (χ0) is 16.8. The molecule has 1 aromatic carbocycles. The Hall–Kier alpha value is -1.46. The van der Waals surface area contributed by atoms with E-state index in [0.717, 1.165) is 17.5 Å². The van der Waals surface area contributed by atoms with E-state index in [1.807, 2.05) is 6.07 Å². The highest BCUT2D eigenvalue weighted by Gasteiger charge is 2.23. The quantitative estimate of drug-likeness (QED) is 0.818. The van der Waals surface area contributed by atoms with Crippen LogP contribution in [0.1, 0.15) is 43.2 Å². The molecule has 0 unspecified atom stereocenters. The molecular formula is C18H29ClN2O3. The summed E-state index contributed by atoms with van der Waals surface area (Å²) in [4.78, 5) is 11.8. The minimum Gasteiger partial charge on any atom is -0.494 e. The van der Waals surface area contributed by atoms with Gasteiger partial charge in [0.25, 0.3) is 0 Å². The summed E-state index contributed by atoms with van der Waals surface area (Å²) in [5.41, 5.74) is 8.31. The number of amides is 1. The number of methoxy groups -OCH3 is 2. The Morgan fingerprint density at radius 1 is 1.25 bits per heavy atom. The number of halogens is 1. The van der Waals surface area contributed by atoms with Gasteiger partial charge < -0.3 is 20.5 Å². The average Bonchev–Trinajstić information content (AvgIpc) is 2.58. The van der Waals surface area contributed by atoms with Crippen molar-refractivity contribution in [2.45, 2.75) is 45.4 Å². The molecule has 136 valence electrons. The first-order valence-electron chi connectivity index (χ1n) is 8.35. The third kappa shape index (κ3) is 4.77. The van der Waals surface area contributed by atoms with Crippen molar-refractivity contribution in [3.8, 4) is 11.5 Å². The Kier molecular flexibility index (Phi) is 8.36. The van der Waals surface area contributed by atoms with Gasteiger partial charge in [0, 0.05) is 0 Å². The SMILES string of the molecule is COc1cc(C)c(CC2CCCCC2)c(OC)c1NC(=O)CN.Cl. The molecular weight excluding hydrogens is 328 g/mol. The zero-order valence-electron chi connectivity index (χ0n) is 14.8. The first kappa shape index (κ1) is 20.6. The number of anilines is 1. The van der Waals surface area contributed by atoms with Crippen LogP contribution in [0.2, 0.25) is 0 Å². The van der Waals surface area contributed by atoms with Crippen LogP contribution in [0.4, 0.5) is 5.69 Å². The van der Waals surface area contributed by atoms with Gasteiger partial charge in [0.2, 0.25) is 5.91 Å². The van der Waals surface area contributed by atoms with Gasteiger partial charge in [-0.1, -0.05) is 32.1 Å². The minimum atomic E-state index is -0.255. The van der Waals surface area contributed by atoms with E-state index < -0.39 is 0 Å². The molecule has 1 aliphatic carbocycles. The Labute approximate surface area is 150 Å². The average molecular weight is 357 g/mol. The van der Waals surface area contributed by atoms with Gasteiger partial charge in [-0.3, -0.25) is 4.79 Å². The van der Waals surface area contributed by atoms with Crippen LogP contribution >= 0.6 is 12.4 Å². The van der Waals surface area contributed by atoms with Crippen molar-refractivity contribution in [1.82, 2.24) is 0 Å². The van der Waals surface area contributed by atoms with Crippen LogP contribution in [-0.2, 0) is 11.2 Å². The van der Waals surface area contributed by atoms with Crippen molar-refractivity contribution in [2.75, 3.05) is 26.1 Å². The highest BCUT2D eigenvalue weighted by Crippen LogP contribution is 2.42. The van der Waals surface area contributed by atoms with Crippen LogP contribution in [0.15, 0.2) is 6.07 Å². The first-order valence-corrected chi connectivity index (χ1v) is 8.35. The molecule has 1 saturated carbocycles. The summed E-state index contributed by atoms with van der Waals surface area (Å²) in [6.45, 7) is 2.00. The molecule has 2 rings (SSSR count). The van der Waals surface area contributed by atoms with Gasteiger partial charge in [0.15, 0.2) is 0 Å². The molecule has 0 heterocycles. The smallest absolute Gasteiger partial charge is 0.238 e. The largest absolute Gasteiger partial charge is 0.494 e. The van der Waals surface area contributed by atoms with E-state index in [2.05, 4.69) is 12.2 Å². The Morgan fingerprint density at radius 2 is 1.92 bits per heavy atom. The van der Waals surface area contributed by atoms with Crippen LogP contribution in [0, 0.1) is 12.8 Å². The molecule has 1 aromatic rings. The monoisotopic (exact) mass is 356 g/mol. The van der Waals surface area contributed by atoms with E-state index in [4.69, 9.17) is 15.2 Å². The summed E-state index contributed by atoms with van der Waals surface area (Å²) in [6.07, 6.45) is 7.45. The van der Waals surface area contributed by atoms with E-state index >= 15 is 0 Å². The lowest BCUT2D eigenvalue weighted by Crippen LogP contribution is -2.23. The van der Waals surface area contributed by atoms with Crippen molar-refractivity contribution in [1.29, 1.82) is 0 Å². The molecule has 0 aromatic heterocycles. The second-order valence-electron chi connectivity index (χ2n) is 6.24. The molecule has 0 radical (unpaired) electrons. The van der Waals surface area contributed by atoms with Gasteiger partial charge in [0.1, 0.15) is 17.2 Å². The lowest BCUT2D eigenvalue weighted by atomic mass is 9.83. The topological polar surface area (TPSA) is 73.6 Å². The number of nitrogens with one attached hydrogen (secondary N) is 1. The van der Waals surface area contributed by atoms with Crippen molar-refractivity contribution >= 4 is 24.0 Å². The maximum Gasteiger partial charge on any atom is 0.238 e. The second kappa shape index (κ2) is 9.74. The molecule has 1 fully saturated rings. The van der Waals surface area contributed by atoms with E-state index in [1.165, 1.54) is 32.1 Å². The fraction of sp³-hybridized carbons (Fsp3) is 0.611. The third-order valence-corrected chi connectivity index (χ3v) is 4.66. The maximum atomic E-state index is 11.8. The fourth-order valence-electron chi connectivity index (χ4n) is 3.43. The Balaban J connectivity index is 0.00000288. The number of ether oxygens (including phenoxy) is 2. The van der Waals surface area contributed by atoms with Crippen LogP contribution in [0.25, 0.3) is 0 Å². The van der Waals surface area contributed by atoms with Crippen molar-refractivity contribution in [3.63, 3.8) is 0 Å². The van der Waals surface area contributed by atoms with E-state index in [9.17, 15) is 4.79 Å². The third-order valence-electron chi connectivity index (χ3n) is 4.66. The van der Waals surface area contributed by atoms with Crippen molar-refractivity contribution < 1.29 is 14.3 Å². The summed E-state index contributed by atoms with van der Waals surface area (Å²) in [6, 6.07) is 1.97. The molecule has 1 aliphatic rings. The van der Waals surface area contributed by atoms with Gasteiger partial charge in [0.05, 0.1) is 20.8 Å². The van der Waals surface area contributed by atoms with Crippen molar-refractivity contribution in [2.24, 2.45) is 11.7 Å². The van der Waals surface area contributed by atoms with Gasteiger partial charge >= 0.3 is 0 Å². The maximum absolute atomic E-state index is 11.8. The molecule has 0 aliphatic heterocycles. The lowest BCUT2D eigenvalue weighted by molar-refractivity contribution is -0.114. The minimum absolute atomic E-state index is 0. The van der Waals surface area contributed by atoms with Crippen LogP contribution in [0.5, 0.6) is 11.5 Å². The molecule has 0 bridgehead atoms. The number of aryl methyl sites for hydroxylation is 1. The summed E-state index contributed by atoms with van der Waals surface area (Å²) < 4.78 is 11.1. The number of rotatable bonds is 6. The summed E-state index contributed by atoms with van der Waals surface area (Å²) in [5.74, 6) is 1.74. The number of benzene rings is 1. The summed E-state index contributed by atoms with van der Waals surface area (Å²) >= 11 is 0. The van der Waals surface area contributed by atoms with Crippen LogP contribution < -0.4 is 20.5 Å². The van der Waals surface area contributed by atoms with Crippen molar-refractivity contribution in [3.05, 3.63) is 17.2 Å². The highest BCUT2D eigenvalue weighted by atomic mass is 35.5. The normalized spacial score (nSPS) is 14.7. The standard InChI is InChI=1S/C18H28N2O3.ClH/c1-12-9-15(22-2)17(20-16(21)11-19)18(23-3)14(12)10-13-7-5-4-6-8-13;/h9,13H,4-8,10-11,19H2,1-3H3,(H,20,21);1H. The summed E-state index contributed by atoms with van der Waals surface area (Å²) in [7, 11) is 3.23. The van der Waals surface area contributed by atoms with Gasteiger partial charge in [-0.15, -0.1) is 12.4 Å². The lowest BCUT2D eigenvalue weighted by Gasteiger charge is -2.25. The van der Waals surface area contributed by atoms with Gasteiger partial charge in [-0.25, -0.2) is 0 Å². The predicted molar refractivity (Wildman–Crippen MR) is 99.5 cm³/mol. The number of nitrogens with two attached hydrogens (primary N) is 1. The fourth-order valence-corrected chi connectivity index (χ4v) is 3.43. The van der Waals surface area contributed by atoms with Crippen LogP contribution in [0.3, 0.4) is 0 Å². The predicted octanol–water partition coefficient (Wildman–Crippen LogP) is 3.45. The Bertz CT molecular complexity index is 558. The molecule has 3 N–H and O–H groups in total. The van der Waals surface area contributed by atoms with E-state index in [0.29, 0.717) is 23.1 Å². The molecule has 0 saturated heterocycles. The first-order chi connectivity index (χ1) is 11.1.